The Morgan fingerprint density at radius 3 is 2.86 bits per heavy atom. The average molecular weight is 189 g/mol. The fraction of sp³-hybridized carbons (Fsp3) is 0.182. The van der Waals surface area contributed by atoms with Gasteiger partial charge in [-0.25, -0.2) is 4.98 Å². The van der Waals surface area contributed by atoms with Crippen LogP contribution in [-0.4, -0.2) is 12.1 Å². The van der Waals surface area contributed by atoms with Gasteiger partial charge in [-0.1, -0.05) is 0 Å². The smallest absolute Gasteiger partial charge is 0.213 e. The van der Waals surface area contributed by atoms with E-state index >= 15 is 0 Å². The molecule has 2 aromatic heterocycles. The first-order chi connectivity index (χ1) is 6.79. The molecule has 3 nitrogen and oxygen atoms in total. The van der Waals surface area contributed by atoms with Gasteiger partial charge in [-0.3, -0.25) is 0 Å². The van der Waals surface area contributed by atoms with Gasteiger partial charge in [0.2, 0.25) is 5.88 Å². The molecule has 3 heteroatoms. The number of aryl methyl sites for hydroxylation is 1. The molecule has 0 unspecified atom stereocenters. The molecule has 2 rings (SSSR count). The third-order valence-corrected chi connectivity index (χ3v) is 1.97. The Hall–Kier alpha value is -1.77. The summed E-state index contributed by atoms with van der Waals surface area (Å²) in [6.45, 7) is 2.01. The lowest BCUT2D eigenvalue weighted by atomic mass is 10.2. The lowest BCUT2D eigenvalue weighted by Crippen LogP contribution is -1.90. The second-order valence-corrected chi connectivity index (χ2v) is 3.08. The number of nitrogens with zero attached hydrogens (tertiary/aromatic N) is 1. The molecule has 0 aromatic carbocycles. The van der Waals surface area contributed by atoms with E-state index in [1.165, 1.54) is 0 Å². The summed E-state index contributed by atoms with van der Waals surface area (Å²) in [6, 6.07) is 5.76. The van der Waals surface area contributed by atoms with Crippen molar-refractivity contribution < 1.29 is 9.15 Å². The minimum Gasteiger partial charge on any atom is -0.481 e. The van der Waals surface area contributed by atoms with Crippen LogP contribution in [0.25, 0.3) is 11.3 Å². The van der Waals surface area contributed by atoms with Crippen molar-refractivity contribution >= 4 is 0 Å². The molecule has 0 N–H and O–H groups in total. The first-order valence-electron chi connectivity index (χ1n) is 4.35. The van der Waals surface area contributed by atoms with E-state index in [4.69, 9.17) is 9.15 Å². The van der Waals surface area contributed by atoms with Crippen LogP contribution in [0.2, 0.25) is 0 Å². The van der Waals surface area contributed by atoms with Gasteiger partial charge in [0.05, 0.1) is 25.3 Å². The van der Waals surface area contributed by atoms with Gasteiger partial charge in [0, 0.05) is 11.6 Å². The standard InChI is InChI=1S/C11H11NO2/c1-8-5-10(9-3-4-14-7-9)12-11(6-8)13-2/h3-7H,1-2H3. The first-order valence-corrected chi connectivity index (χ1v) is 4.35. The molecule has 2 aromatic rings. The van der Waals surface area contributed by atoms with Gasteiger partial charge in [0.1, 0.15) is 0 Å². The summed E-state index contributed by atoms with van der Waals surface area (Å²) in [5, 5.41) is 0. The van der Waals surface area contributed by atoms with E-state index < -0.39 is 0 Å². The normalized spacial score (nSPS) is 10.1. The summed E-state index contributed by atoms with van der Waals surface area (Å²) in [6.07, 6.45) is 3.30. The fourth-order valence-electron chi connectivity index (χ4n) is 1.30. The van der Waals surface area contributed by atoms with Crippen molar-refractivity contribution in [3.63, 3.8) is 0 Å². The zero-order valence-corrected chi connectivity index (χ0v) is 8.15. The molecule has 0 fully saturated rings. The van der Waals surface area contributed by atoms with Crippen LogP contribution in [0.5, 0.6) is 5.88 Å². The van der Waals surface area contributed by atoms with Crippen molar-refractivity contribution in [3.05, 3.63) is 36.3 Å². The van der Waals surface area contributed by atoms with Crippen LogP contribution in [0, 0.1) is 6.92 Å². The number of rotatable bonds is 2. The molecular formula is C11H11NO2. The third-order valence-electron chi connectivity index (χ3n) is 1.97. The summed E-state index contributed by atoms with van der Waals surface area (Å²) < 4.78 is 10.1. The van der Waals surface area contributed by atoms with Crippen molar-refractivity contribution in [1.29, 1.82) is 0 Å². The average Bonchev–Trinajstić information content (AvgIpc) is 2.69. The Labute approximate surface area is 82.3 Å². The second kappa shape index (κ2) is 3.54. The van der Waals surface area contributed by atoms with E-state index in [-0.39, 0.29) is 0 Å². The summed E-state index contributed by atoms with van der Waals surface area (Å²) in [7, 11) is 1.61. The van der Waals surface area contributed by atoms with Crippen molar-refractivity contribution in [2.45, 2.75) is 6.92 Å². The third kappa shape index (κ3) is 1.62. The summed E-state index contributed by atoms with van der Waals surface area (Å²) in [4.78, 5) is 4.31. The highest BCUT2D eigenvalue weighted by Crippen LogP contribution is 2.21. The Balaban J connectivity index is 2.48. The Morgan fingerprint density at radius 2 is 2.21 bits per heavy atom. The number of hydrogen-bond donors (Lipinski definition) is 0. The molecule has 2 heterocycles. The zero-order chi connectivity index (χ0) is 9.97. The molecule has 0 radical (unpaired) electrons. The van der Waals surface area contributed by atoms with E-state index in [1.54, 1.807) is 19.6 Å². The van der Waals surface area contributed by atoms with Crippen molar-refractivity contribution in [3.8, 4) is 17.1 Å². The minimum atomic E-state index is 0.626. The molecule has 0 spiro atoms. The van der Waals surface area contributed by atoms with Gasteiger partial charge in [0.25, 0.3) is 0 Å². The number of hydrogen-bond acceptors (Lipinski definition) is 3. The molecule has 0 aliphatic carbocycles. The summed E-state index contributed by atoms with van der Waals surface area (Å²) >= 11 is 0. The predicted octanol–water partition coefficient (Wildman–Crippen LogP) is 2.66. The number of pyridine rings is 1. The van der Waals surface area contributed by atoms with Gasteiger partial charge in [-0.05, 0) is 24.6 Å². The first kappa shape index (κ1) is 8.81. The van der Waals surface area contributed by atoms with Crippen LogP contribution in [0.4, 0.5) is 0 Å². The number of aromatic nitrogens is 1. The SMILES string of the molecule is COc1cc(C)cc(-c2ccoc2)n1. The van der Waals surface area contributed by atoms with E-state index in [0.717, 1.165) is 16.8 Å². The molecule has 0 bridgehead atoms. The monoisotopic (exact) mass is 189 g/mol. The molecule has 0 saturated heterocycles. The highest BCUT2D eigenvalue weighted by Gasteiger charge is 2.03. The van der Waals surface area contributed by atoms with Crippen LogP contribution in [0.15, 0.2) is 35.1 Å². The van der Waals surface area contributed by atoms with Gasteiger partial charge in [0.15, 0.2) is 0 Å². The summed E-state index contributed by atoms with van der Waals surface area (Å²) in [5.41, 5.74) is 2.95. The number of ether oxygens (including phenoxy) is 1. The maximum Gasteiger partial charge on any atom is 0.213 e. The van der Waals surface area contributed by atoms with Crippen molar-refractivity contribution in [1.82, 2.24) is 4.98 Å². The molecule has 72 valence electrons. The largest absolute Gasteiger partial charge is 0.481 e. The Morgan fingerprint density at radius 1 is 1.36 bits per heavy atom. The molecule has 0 aliphatic rings. The topological polar surface area (TPSA) is 35.3 Å². The molecule has 0 atom stereocenters. The molecule has 14 heavy (non-hydrogen) atoms. The molecule has 0 aliphatic heterocycles. The van der Waals surface area contributed by atoms with E-state index in [1.807, 2.05) is 25.1 Å². The van der Waals surface area contributed by atoms with Crippen LogP contribution in [0.3, 0.4) is 0 Å². The van der Waals surface area contributed by atoms with E-state index in [9.17, 15) is 0 Å². The Kier molecular flexibility index (Phi) is 2.23. The lowest BCUT2D eigenvalue weighted by molar-refractivity contribution is 0.398. The number of furan rings is 1. The van der Waals surface area contributed by atoms with Crippen molar-refractivity contribution in [2.24, 2.45) is 0 Å². The molecule has 0 amide bonds. The zero-order valence-electron chi connectivity index (χ0n) is 8.15. The van der Waals surface area contributed by atoms with Crippen LogP contribution in [-0.2, 0) is 0 Å². The highest BCUT2D eigenvalue weighted by atomic mass is 16.5. The van der Waals surface area contributed by atoms with Crippen LogP contribution < -0.4 is 4.74 Å². The van der Waals surface area contributed by atoms with Gasteiger partial charge >= 0.3 is 0 Å². The fourth-order valence-corrected chi connectivity index (χ4v) is 1.30. The Bertz CT molecular complexity index is 421. The molecular weight excluding hydrogens is 178 g/mol. The lowest BCUT2D eigenvalue weighted by Gasteiger charge is -2.03. The quantitative estimate of drug-likeness (QED) is 0.728. The number of methoxy groups -OCH3 is 1. The van der Waals surface area contributed by atoms with Gasteiger partial charge < -0.3 is 9.15 Å². The van der Waals surface area contributed by atoms with Crippen LogP contribution >= 0.6 is 0 Å². The minimum absolute atomic E-state index is 0.626. The van der Waals surface area contributed by atoms with Gasteiger partial charge in [-0.15, -0.1) is 0 Å². The highest BCUT2D eigenvalue weighted by molar-refractivity contribution is 5.58. The van der Waals surface area contributed by atoms with Crippen LogP contribution in [0.1, 0.15) is 5.56 Å². The van der Waals surface area contributed by atoms with E-state index in [0.29, 0.717) is 5.88 Å². The molecule has 0 saturated carbocycles. The maximum absolute atomic E-state index is 5.09. The maximum atomic E-state index is 5.09. The summed E-state index contributed by atoms with van der Waals surface area (Å²) in [5.74, 6) is 0.626. The van der Waals surface area contributed by atoms with E-state index in [2.05, 4.69) is 4.98 Å². The predicted molar refractivity (Wildman–Crippen MR) is 53.2 cm³/mol. The van der Waals surface area contributed by atoms with Crippen molar-refractivity contribution in [2.75, 3.05) is 7.11 Å². The second-order valence-electron chi connectivity index (χ2n) is 3.08. The van der Waals surface area contributed by atoms with Gasteiger partial charge in [-0.2, -0.15) is 0 Å².